The maximum absolute atomic E-state index is 11.9. The Balaban J connectivity index is 0.00000361. The van der Waals surface area contributed by atoms with E-state index in [4.69, 9.17) is 5.73 Å². The lowest BCUT2D eigenvalue weighted by Gasteiger charge is -2.28. The molecule has 4 nitrogen and oxygen atoms in total. The third-order valence-electron chi connectivity index (χ3n) is 2.82. The first kappa shape index (κ1) is 18.7. The Hall–Kier alpha value is -1.26. The number of hydrogen-bond donors (Lipinski definition) is 2. The van der Waals surface area contributed by atoms with Gasteiger partial charge < -0.3 is 16.0 Å². The Morgan fingerprint density at radius 1 is 1.35 bits per heavy atom. The van der Waals surface area contributed by atoms with Gasteiger partial charge in [0.15, 0.2) is 0 Å². The summed E-state index contributed by atoms with van der Waals surface area (Å²) >= 11 is 0. The van der Waals surface area contributed by atoms with Crippen molar-refractivity contribution in [3.63, 3.8) is 0 Å². The predicted octanol–water partition coefficient (Wildman–Crippen LogP) is 1.94. The zero-order valence-corrected chi connectivity index (χ0v) is 13.6. The zero-order valence-electron chi connectivity index (χ0n) is 12.8. The van der Waals surface area contributed by atoms with Gasteiger partial charge in [0.25, 0.3) is 0 Å². The van der Waals surface area contributed by atoms with Crippen molar-refractivity contribution in [3.05, 3.63) is 29.8 Å². The van der Waals surface area contributed by atoms with E-state index in [2.05, 4.69) is 24.1 Å². The minimum absolute atomic E-state index is 0. The van der Waals surface area contributed by atoms with Crippen molar-refractivity contribution < 1.29 is 4.79 Å². The second-order valence-corrected chi connectivity index (χ2v) is 6.10. The van der Waals surface area contributed by atoms with Gasteiger partial charge in [-0.3, -0.25) is 4.79 Å². The summed E-state index contributed by atoms with van der Waals surface area (Å²) in [6.07, 6.45) is 0.378. The van der Waals surface area contributed by atoms with Gasteiger partial charge in [0.05, 0.1) is 6.42 Å². The number of nitrogens with two attached hydrogens (primary N) is 1. The number of benzene rings is 1. The van der Waals surface area contributed by atoms with Gasteiger partial charge in [-0.15, -0.1) is 12.4 Å². The van der Waals surface area contributed by atoms with Gasteiger partial charge in [0.2, 0.25) is 5.91 Å². The SMILES string of the molecule is CN(C)CC(C)(C)CNC(=O)Cc1cccc(N)c1.Cl. The van der Waals surface area contributed by atoms with Gasteiger partial charge in [0.1, 0.15) is 0 Å². The third-order valence-corrected chi connectivity index (χ3v) is 2.82. The molecule has 0 bridgehead atoms. The average Bonchev–Trinajstić information content (AvgIpc) is 2.25. The number of halogens is 1. The lowest BCUT2D eigenvalue weighted by Crippen LogP contribution is -2.40. The highest BCUT2D eigenvalue weighted by atomic mass is 35.5. The van der Waals surface area contributed by atoms with E-state index in [1.807, 2.05) is 38.4 Å². The van der Waals surface area contributed by atoms with Crippen molar-refractivity contribution in [2.75, 3.05) is 32.9 Å². The fourth-order valence-corrected chi connectivity index (χ4v) is 2.20. The van der Waals surface area contributed by atoms with E-state index in [-0.39, 0.29) is 23.7 Å². The van der Waals surface area contributed by atoms with Crippen LogP contribution in [0.5, 0.6) is 0 Å². The normalized spacial score (nSPS) is 11.1. The number of nitrogens with one attached hydrogen (secondary N) is 1. The smallest absolute Gasteiger partial charge is 0.224 e. The molecule has 0 unspecified atom stereocenters. The first-order valence-corrected chi connectivity index (χ1v) is 6.54. The summed E-state index contributed by atoms with van der Waals surface area (Å²) in [7, 11) is 4.08. The van der Waals surface area contributed by atoms with Gasteiger partial charge in [-0.1, -0.05) is 26.0 Å². The maximum Gasteiger partial charge on any atom is 0.224 e. The molecule has 20 heavy (non-hydrogen) atoms. The van der Waals surface area contributed by atoms with E-state index in [0.29, 0.717) is 18.7 Å². The van der Waals surface area contributed by atoms with Crippen LogP contribution in [-0.2, 0) is 11.2 Å². The summed E-state index contributed by atoms with van der Waals surface area (Å²) in [6, 6.07) is 7.45. The van der Waals surface area contributed by atoms with Crippen LogP contribution in [0.25, 0.3) is 0 Å². The molecule has 0 heterocycles. The van der Waals surface area contributed by atoms with Crippen LogP contribution in [0.2, 0.25) is 0 Å². The van der Waals surface area contributed by atoms with Crippen LogP contribution in [0, 0.1) is 5.41 Å². The first-order chi connectivity index (χ1) is 8.78. The largest absolute Gasteiger partial charge is 0.399 e. The van der Waals surface area contributed by atoms with Crippen molar-refractivity contribution in [2.45, 2.75) is 20.3 Å². The van der Waals surface area contributed by atoms with Crippen LogP contribution in [0.1, 0.15) is 19.4 Å². The van der Waals surface area contributed by atoms with Crippen LogP contribution in [0.15, 0.2) is 24.3 Å². The number of carbonyl (C=O) groups is 1. The predicted molar refractivity (Wildman–Crippen MR) is 87.2 cm³/mol. The summed E-state index contributed by atoms with van der Waals surface area (Å²) in [5.74, 6) is 0.0393. The van der Waals surface area contributed by atoms with Gasteiger partial charge >= 0.3 is 0 Å². The fourth-order valence-electron chi connectivity index (χ4n) is 2.20. The Bertz CT molecular complexity index is 433. The molecule has 1 aromatic rings. The average molecular weight is 300 g/mol. The number of carbonyl (C=O) groups excluding carboxylic acids is 1. The molecule has 0 spiro atoms. The van der Waals surface area contributed by atoms with Gasteiger partial charge in [-0.05, 0) is 37.2 Å². The Morgan fingerprint density at radius 3 is 2.55 bits per heavy atom. The molecule has 0 fully saturated rings. The topological polar surface area (TPSA) is 58.4 Å². The van der Waals surface area contributed by atoms with Crippen molar-refractivity contribution in [3.8, 4) is 0 Å². The second-order valence-electron chi connectivity index (χ2n) is 6.10. The van der Waals surface area contributed by atoms with Crippen molar-refractivity contribution >= 4 is 24.0 Å². The third kappa shape index (κ3) is 7.36. The molecule has 114 valence electrons. The van der Waals surface area contributed by atoms with E-state index in [9.17, 15) is 4.79 Å². The minimum Gasteiger partial charge on any atom is -0.399 e. The lowest BCUT2D eigenvalue weighted by molar-refractivity contribution is -0.120. The lowest BCUT2D eigenvalue weighted by atomic mass is 9.93. The fraction of sp³-hybridized carbons (Fsp3) is 0.533. The molecule has 5 heteroatoms. The van der Waals surface area contributed by atoms with Gasteiger partial charge in [-0.25, -0.2) is 0 Å². The number of amides is 1. The summed E-state index contributed by atoms with van der Waals surface area (Å²) in [5, 5.41) is 2.99. The molecule has 0 aliphatic rings. The molecule has 0 atom stereocenters. The summed E-state index contributed by atoms with van der Waals surface area (Å²) < 4.78 is 0. The number of rotatable bonds is 6. The molecule has 1 rings (SSSR count). The van der Waals surface area contributed by atoms with Gasteiger partial charge in [-0.2, -0.15) is 0 Å². The molecule has 0 saturated carbocycles. The monoisotopic (exact) mass is 299 g/mol. The minimum atomic E-state index is 0. The molecule has 3 N–H and O–H groups in total. The van der Waals surface area contributed by atoms with E-state index < -0.39 is 0 Å². The highest BCUT2D eigenvalue weighted by molar-refractivity contribution is 5.85. The van der Waals surface area contributed by atoms with Crippen molar-refractivity contribution in [1.82, 2.24) is 10.2 Å². The van der Waals surface area contributed by atoms with Crippen LogP contribution in [-0.4, -0.2) is 38.0 Å². The molecule has 0 aliphatic heterocycles. The molecule has 0 saturated heterocycles. The zero-order chi connectivity index (χ0) is 14.5. The van der Waals surface area contributed by atoms with Crippen LogP contribution in [0.4, 0.5) is 5.69 Å². The molecular formula is C15H26ClN3O. The van der Waals surface area contributed by atoms with Crippen molar-refractivity contribution in [2.24, 2.45) is 5.41 Å². The maximum atomic E-state index is 11.9. The van der Waals surface area contributed by atoms with E-state index in [1.54, 1.807) is 0 Å². The highest BCUT2D eigenvalue weighted by Crippen LogP contribution is 2.14. The van der Waals surface area contributed by atoms with E-state index in [0.717, 1.165) is 12.1 Å². The quantitative estimate of drug-likeness (QED) is 0.789. The molecule has 0 aromatic heterocycles. The van der Waals surface area contributed by atoms with Crippen molar-refractivity contribution in [1.29, 1.82) is 0 Å². The Kier molecular flexibility index (Phi) is 7.61. The first-order valence-electron chi connectivity index (χ1n) is 6.54. The van der Waals surface area contributed by atoms with Crippen LogP contribution in [0.3, 0.4) is 0 Å². The summed E-state index contributed by atoms with van der Waals surface area (Å²) in [5.41, 5.74) is 7.40. The standard InChI is InChI=1S/C15H25N3O.ClH/c1-15(2,11-18(3)4)10-17-14(19)9-12-6-5-7-13(16)8-12;/h5-8H,9-11,16H2,1-4H3,(H,17,19);1H. The number of anilines is 1. The molecule has 1 aromatic carbocycles. The van der Waals surface area contributed by atoms with E-state index in [1.165, 1.54) is 0 Å². The summed E-state index contributed by atoms with van der Waals surface area (Å²) in [4.78, 5) is 14.0. The molecule has 1 amide bonds. The Labute approximate surface area is 128 Å². The highest BCUT2D eigenvalue weighted by Gasteiger charge is 2.19. The van der Waals surface area contributed by atoms with Gasteiger partial charge in [0, 0.05) is 18.8 Å². The number of nitrogens with zero attached hydrogens (tertiary/aromatic N) is 1. The van der Waals surface area contributed by atoms with Crippen LogP contribution >= 0.6 is 12.4 Å². The number of hydrogen-bond acceptors (Lipinski definition) is 3. The summed E-state index contributed by atoms with van der Waals surface area (Å²) in [6.45, 7) is 5.90. The van der Waals surface area contributed by atoms with E-state index >= 15 is 0 Å². The second kappa shape index (κ2) is 8.12. The molecule has 0 aliphatic carbocycles. The van der Waals surface area contributed by atoms with Crippen LogP contribution < -0.4 is 11.1 Å². The molecule has 0 radical (unpaired) electrons. The number of nitrogen functional groups attached to an aromatic ring is 1. The Morgan fingerprint density at radius 2 is 2.00 bits per heavy atom. The molecular weight excluding hydrogens is 274 g/mol.